The molecular weight excluding hydrogens is 232 g/mol. The number of aromatic nitrogens is 2. The minimum atomic E-state index is 0.0499. The van der Waals surface area contributed by atoms with Crippen molar-refractivity contribution >= 4 is 11.6 Å². The summed E-state index contributed by atoms with van der Waals surface area (Å²) >= 11 is 0. The summed E-state index contributed by atoms with van der Waals surface area (Å²) in [4.78, 5) is 8.29. The molecule has 18 heavy (non-hydrogen) atoms. The Morgan fingerprint density at radius 1 is 1.39 bits per heavy atom. The maximum absolute atomic E-state index is 8.97. The first kappa shape index (κ1) is 14.7. The van der Waals surface area contributed by atoms with Crippen molar-refractivity contribution in [2.75, 3.05) is 37.5 Å². The second kappa shape index (κ2) is 8.66. The van der Waals surface area contributed by atoms with E-state index < -0.39 is 0 Å². The van der Waals surface area contributed by atoms with E-state index in [-0.39, 0.29) is 12.6 Å². The molecule has 0 radical (unpaired) electrons. The van der Waals surface area contributed by atoms with E-state index in [0.717, 1.165) is 24.6 Å². The van der Waals surface area contributed by atoms with Crippen LogP contribution in [0.5, 0.6) is 0 Å². The van der Waals surface area contributed by atoms with Crippen LogP contribution in [0.3, 0.4) is 0 Å². The Morgan fingerprint density at radius 3 is 2.83 bits per heavy atom. The topological polar surface area (TPSA) is 79.3 Å². The molecule has 0 saturated heterocycles. The summed E-state index contributed by atoms with van der Waals surface area (Å²) in [5.41, 5.74) is 0. The molecule has 1 heterocycles. The molecule has 1 atom stereocenters. The molecule has 0 aromatic carbocycles. The second-order valence-electron chi connectivity index (χ2n) is 4.02. The van der Waals surface area contributed by atoms with Crippen LogP contribution in [0.15, 0.2) is 12.4 Å². The third-order valence-electron chi connectivity index (χ3n) is 2.42. The molecule has 3 N–H and O–H groups in total. The Labute approximate surface area is 108 Å². The van der Waals surface area contributed by atoms with Crippen molar-refractivity contribution in [2.45, 2.75) is 25.8 Å². The second-order valence-corrected chi connectivity index (χ2v) is 4.02. The highest BCUT2D eigenvalue weighted by Gasteiger charge is 2.08. The lowest BCUT2D eigenvalue weighted by molar-refractivity contribution is 0.170. The largest absolute Gasteiger partial charge is 0.396 e. The van der Waals surface area contributed by atoms with Crippen molar-refractivity contribution in [3.63, 3.8) is 0 Å². The molecule has 0 spiro atoms. The number of nitrogens with zero attached hydrogens (tertiary/aromatic N) is 2. The van der Waals surface area contributed by atoms with Gasteiger partial charge in [0.2, 0.25) is 0 Å². The summed E-state index contributed by atoms with van der Waals surface area (Å²) in [5, 5.41) is 15.4. The highest BCUT2D eigenvalue weighted by Crippen LogP contribution is 2.11. The number of ether oxygens (including phenoxy) is 1. The van der Waals surface area contributed by atoms with Crippen LogP contribution in [-0.2, 0) is 4.74 Å². The van der Waals surface area contributed by atoms with Gasteiger partial charge in [-0.2, -0.15) is 0 Å². The summed E-state index contributed by atoms with van der Waals surface area (Å²) < 4.78 is 5.09. The molecule has 0 saturated carbocycles. The summed E-state index contributed by atoms with van der Waals surface area (Å²) in [6.07, 6.45) is 3.18. The van der Waals surface area contributed by atoms with Gasteiger partial charge in [0.15, 0.2) is 0 Å². The molecule has 6 nitrogen and oxygen atoms in total. The average molecular weight is 254 g/mol. The molecule has 102 valence electrons. The maximum Gasteiger partial charge on any atom is 0.131 e. The predicted octanol–water partition coefficient (Wildman–Crippen LogP) is 1.11. The molecule has 1 aromatic rings. The molecule has 6 heteroatoms. The fraction of sp³-hybridized carbons (Fsp3) is 0.667. The van der Waals surface area contributed by atoms with Gasteiger partial charge in [0.1, 0.15) is 18.0 Å². The Morgan fingerprint density at radius 2 is 2.17 bits per heavy atom. The van der Waals surface area contributed by atoms with Crippen molar-refractivity contribution in [3.05, 3.63) is 12.4 Å². The van der Waals surface area contributed by atoms with Crippen LogP contribution in [0.25, 0.3) is 0 Å². The van der Waals surface area contributed by atoms with E-state index in [4.69, 9.17) is 9.84 Å². The predicted molar refractivity (Wildman–Crippen MR) is 71.8 cm³/mol. The van der Waals surface area contributed by atoms with Crippen LogP contribution < -0.4 is 10.6 Å². The van der Waals surface area contributed by atoms with Gasteiger partial charge < -0.3 is 20.5 Å². The molecule has 1 unspecified atom stereocenters. The zero-order chi connectivity index (χ0) is 13.2. The van der Waals surface area contributed by atoms with Crippen LogP contribution in [-0.4, -0.2) is 48.0 Å². The number of rotatable bonds is 9. The lowest BCUT2D eigenvalue weighted by atomic mass is 10.2. The van der Waals surface area contributed by atoms with Crippen LogP contribution in [0.2, 0.25) is 0 Å². The Kier molecular flexibility index (Phi) is 7.05. The number of hydrogen-bond donors (Lipinski definition) is 3. The SMILES string of the molecule is CCCNc1cc(NC(CCO)COC)ncn1. The number of aliphatic hydroxyl groups is 1. The molecule has 0 bridgehead atoms. The van der Waals surface area contributed by atoms with Crippen molar-refractivity contribution in [2.24, 2.45) is 0 Å². The summed E-state index contributed by atoms with van der Waals surface area (Å²) in [6.45, 7) is 3.63. The third-order valence-corrected chi connectivity index (χ3v) is 2.42. The number of anilines is 2. The first-order chi connectivity index (χ1) is 8.80. The lowest BCUT2D eigenvalue weighted by Crippen LogP contribution is -2.26. The van der Waals surface area contributed by atoms with E-state index in [1.54, 1.807) is 7.11 Å². The summed E-state index contributed by atoms with van der Waals surface area (Å²) in [5.74, 6) is 1.54. The van der Waals surface area contributed by atoms with E-state index >= 15 is 0 Å². The van der Waals surface area contributed by atoms with Gasteiger partial charge in [-0.05, 0) is 12.8 Å². The minimum Gasteiger partial charge on any atom is -0.396 e. The number of hydrogen-bond acceptors (Lipinski definition) is 6. The lowest BCUT2D eigenvalue weighted by Gasteiger charge is -2.17. The first-order valence-corrected chi connectivity index (χ1v) is 6.22. The van der Waals surface area contributed by atoms with Crippen LogP contribution in [0, 0.1) is 0 Å². The van der Waals surface area contributed by atoms with Gasteiger partial charge in [0.05, 0.1) is 12.6 Å². The molecule has 0 aliphatic carbocycles. The van der Waals surface area contributed by atoms with Crippen LogP contribution in [0.1, 0.15) is 19.8 Å². The van der Waals surface area contributed by atoms with E-state index in [0.29, 0.717) is 13.0 Å². The van der Waals surface area contributed by atoms with Gasteiger partial charge in [0, 0.05) is 26.3 Å². The third kappa shape index (κ3) is 5.29. The Hall–Kier alpha value is -1.40. The first-order valence-electron chi connectivity index (χ1n) is 6.22. The van der Waals surface area contributed by atoms with Crippen molar-refractivity contribution < 1.29 is 9.84 Å². The molecule has 0 aliphatic rings. The van der Waals surface area contributed by atoms with E-state index in [2.05, 4.69) is 27.5 Å². The fourth-order valence-corrected chi connectivity index (χ4v) is 1.55. The van der Waals surface area contributed by atoms with Gasteiger partial charge in [-0.3, -0.25) is 0 Å². The van der Waals surface area contributed by atoms with E-state index in [9.17, 15) is 0 Å². The monoisotopic (exact) mass is 254 g/mol. The van der Waals surface area contributed by atoms with E-state index in [1.165, 1.54) is 6.33 Å². The number of nitrogens with one attached hydrogen (secondary N) is 2. The fourth-order valence-electron chi connectivity index (χ4n) is 1.55. The van der Waals surface area contributed by atoms with Gasteiger partial charge in [-0.15, -0.1) is 0 Å². The van der Waals surface area contributed by atoms with Crippen LogP contribution >= 0.6 is 0 Å². The van der Waals surface area contributed by atoms with Gasteiger partial charge in [-0.25, -0.2) is 9.97 Å². The highest BCUT2D eigenvalue weighted by atomic mass is 16.5. The molecular formula is C12H22N4O2. The molecule has 0 aliphatic heterocycles. The summed E-state index contributed by atoms with van der Waals surface area (Å²) in [6, 6.07) is 1.91. The van der Waals surface area contributed by atoms with E-state index in [1.807, 2.05) is 6.07 Å². The van der Waals surface area contributed by atoms with Gasteiger partial charge in [0.25, 0.3) is 0 Å². The van der Waals surface area contributed by atoms with Gasteiger partial charge in [-0.1, -0.05) is 6.92 Å². The zero-order valence-corrected chi connectivity index (χ0v) is 11.0. The minimum absolute atomic E-state index is 0.0499. The quantitative estimate of drug-likeness (QED) is 0.612. The number of aliphatic hydroxyl groups excluding tert-OH is 1. The molecule has 1 rings (SSSR count). The van der Waals surface area contributed by atoms with Crippen LogP contribution in [0.4, 0.5) is 11.6 Å². The molecule has 1 aromatic heterocycles. The van der Waals surface area contributed by atoms with Gasteiger partial charge >= 0.3 is 0 Å². The molecule has 0 amide bonds. The van der Waals surface area contributed by atoms with Crippen molar-refractivity contribution in [1.29, 1.82) is 0 Å². The normalized spacial score (nSPS) is 12.2. The van der Waals surface area contributed by atoms with Crippen molar-refractivity contribution in [1.82, 2.24) is 9.97 Å². The number of methoxy groups -OCH3 is 1. The van der Waals surface area contributed by atoms with Crippen molar-refractivity contribution in [3.8, 4) is 0 Å². The zero-order valence-electron chi connectivity index (χ0n) is 11.0. The maximum atomic E-state index is 8.97. The highest BCUT2D eigenvalue weighted by molar-refractivity contribution is 5.46. The molecule has 0 fully saturated rings. The summed E-state index contributed by atoms with van der Waals surface area (Å²) in [7, 11) is 1.64. The average Bonchev–Trinajstić information content (AvgIpc) is 2.37. The Bertz CT molecular complexity index is 330. The Balaban J connectivity index is 2.58. The smallest absolute Gasteiger partial charge is 0.131 e. The standard InChI is InChI=1S/C12H22N4O2/c1-3-5-13-11-7-12(15-9-14-11)16-10(4-6-17)8-18-2/h7,9-10,17H,3-6,8H2,1-2H3,(H2,13,14,15,16).